The molecular formula is C27H40O3. The summed E-state index contributed by atoms with van der Waals surface area (Å²) in [5.41, 5.74) is 2.61. The van der Waals surface area contributed by atoms with Crippen LogP contribution in [-0.4, -0.2) is 21.9 Å². The molecule has 4 aliphatic rings. The summed E-state index contributed by atoms with van der Waals surface area (Å²) in [6.07, 6.45) is 7.63. The van der Waals surface area contributed by atoms with Crippen LogP contribution in [0, 0.1) is 40.9 Å². The highest BCUT2D eigenvalue weighted by molar-refractivity contribution is 5.48. The van der Waals surface area contributed by atoms with E-state index in [9.17, 15) is 10.2 Å². The van der Waals surface area contributed by atoms with Crippen LogP contribution >= 0.6 is 0 Å². The van der Waals surface area contributed by atoms with Gasteiger partial charge in [-0.15, -0.1) is 0 Å². The molecule has 0 bridgehead atoms. The summed E-state index contributed by atoms with van der Waals surface area (Å²) < 4.78 is 6.80. The first kappa shape index (κ1) is 20.7. The number of ether oxygens (including phenoxy) is 1. The van der Waals surface area contributed by atoms with Crippen LogP contribution < -0.4 is 4.74 Å². The Morgan fingerprint density at radius 1 is 0.867 bits per heavy atom. The number of aliphatic hydroxyl groups excluding tert-OH is 1. The van der Waals surface area contributed by atoms with Gasteiger partial charge in [-0.1, -0.05) is 27.7 Å². The molecule has 30 heavy (non-hydrogen) atoms. The SMILES string of the molecule is Cc1cc(O)cc2c1O[C@@]1(C)CC[C@H]3[C@@](C)(CC[C@H]4C(C)(C)[C@@H](O)CC[C@]34C)[C@H]1C2. The van der Waals surface area contributed by atoms with Crippen LogP contribution in [0.4, 0.5) is 0 Å². The van der Waals surface area contributed by atoms with E-state index in [0.717, 1.165) is 37.0 Å². The number of phenolic OH excluding ortho intramolecular Hbond substituents is 1. The lowest BCUT2D eigenvalue weighted by atomic mass is 9.37. The van der Waals surface area contributed by atoms with Gasteiger partial charge in [0.15, 0.2) is 0 Å². The fraction of sp³-hybridized carbons (Fsp3) is 0.778. The molecular weight excluding hydrogens is 372 g/mol. The Labute approximate surface area is 182 Å². The number of rotatable bonds is 0. The normalized spacial score (nSPS) is 46.6. The summed E-state index contributed by atoms with van der Waals surface area (Å²) in [4.78, 5) is 0. The molecule has 1 aliphatic heterocycles. The first-order valence-corrected chi connectivity index (χ1v) is 12.1. The van der Waals surface area contributed by atoms with Gasteiger partial charge >= 0.3 is 0 Å². The Bertz CT molecular complexity index is 875. The average molecular weight is 413 g/mol. The second kappa shape index (κ2) is 6.18. The van der Waals surface area contributed by atoms with Gasteiger partial charge in [-0.25, -0.2) is 0 Å². The van der Waals surface area contributed by atoms with Crippen molar-refractivity contribution < 1.29 is 14.9 Å². The van der Waals surface area contributed by atoms with Crippen molar-refractivity contribution in [1.29, 1.82) is 0 Å². The monoisotopic (exact) mass is 412 g/mol. The van der Waals surface area contributed by atoms with Crippen molar-refractivity contribution >= 4 is 0 Å². The second-order valence-electron chi connectivity index (χ2n) is 12.5. The largest absolute Gasteiger partial charge is 0.508 e. The van der Waals surface area contributed by atoms with Gasteiger partial charge in [0, 0.05) is 5.92 Å². The van der Waals surface area contributed by atoms with Gasteiger partial charge in [-0.05, 0) is 110 Å². The van der Waals surface area contributed by atoms with E-state index in [4.69, 9.17) is 4.74 Å². The van der Waals surface area contributed by atoms with E-state index in [-0.39, 0.29) is 27.9 Å². The molecule has 166 valence electrons. The Morgan fingerprint density at radius 3 is 2.23 bits per heavy atom. The van der Waals surface area contributed by atoms with Gasteiger partial charge in [0.1, 0.15) is 17.1 Å². The Kier molecular flexibility index (Phi) is 4.26. The van der Waals surface area contributed by atoms with Gasteiger partial charge in [-0.2, -0.15) is 0 Å². The van der Waals surface area contributed by atoms with Gasteiger partial charge < -0.3 is 14.9 Å². The van der Waals surface area contributed by atoms with Crippen molar-refractivity contribution in [1.82, 2.24) is 0 Å². The first-order valence-electron chi connectivity index (χ1n) is 12.1. The number of benzene rings is 1. The molecule has 0 spiro atoms. The lowest BCUT2D eigenvalue weighted by Gasteiger charge is -2.69. The number of aryl methyl sites for hydroxylation is 1. The zero-order valence-electron chi connectivity index (χ0n) is 19.7. The van der Waals surface area contributed by atoms with Crippen LogP contribution in [0.15, 0.2) is 12.1 Å². The lowest BCUT2D eigenvalue weighted by molar-refractivity contribution is -0.223. The number of hydrogen-bond donors (Lipinski definition) is 2. The average Bonchev–Trinajstić information content (AvgIpc) is 2.64. The third kappa shape index (κ3) is 2.54. The predicted molar refractivity (Wildman–Crippen MR) is 120 cm³/mol. The molecule has 3 nitrogen and oxygen atoms in total. The molecule has 0 saturated heterocycles. The zero-order valence-corrected chi connectivity index (χ0v) is 19.7. The van der Waals surface area contributed by atoms with Crippen LogP contribution in [0.2, 0.25) is 0 Å². The molecule has 1 aromatic rings. The molecule has 0 unspecified atom stereocenters. The molecule has 1 aromatic carbocycles. The van der Waals surface area contributed by atoms with E-state index in [1.54, 1.807) is 0 Å². The van der Waals surface area contributed by atoms with Crippen LogP contribution in [-0.2, 0) is 6.42 Å². The summed E-state index contributed by atoms with van der Waals surface area (Å²) in [6.45, 7) is 14.1. The quantitative estimate of drug-likeness (QED) is 0.547. The number of aliphatic hydroxyl groups is 1. The van der Waals surface area contributed by atoms with Gasteiger partial charge in [0.25, 0.3) is 0 Å². The first-order chi connectivity index (χ1) is 13.9. The molecule has 0 aromatic heterocycles. The minimum absolute atomic E-state index is 0.00630. The van der Waals surface area contributed by atoms with E-state index in [1.807, 2.05) is 12.1 Å². The predicted octanol–water partition coefficient (Wildman–Crippen LogP) is 6.02. The van der Waals surface area contributed by atoms with E-state index in [0.29, 0.717) is 23.5 Å². The van der Waals surface area contributed by atoms with Crippen LogP contribution in [0.3, 0.4) is 0 Å². The van der Waals surface area contributed by atoms with Gasteiger partial charge in [0.2, 0.25) is 0 Å². The highest BCUT2D eigenvalue weighted by atomic mass is 16.5. The van der Waals surface area contributed by atoms with E-state index in [2.05, 4.69) is 41.5 Å². The van der Waals surface area contributed by atoms with E-state index >= 15 is 0 Å². The maximum atomic E-state index is 10.8. The summed E-state index contributed by atoms with van der Waals surface area (Å²) in [6, 6.07) is 3.76. The maximum Gasteiger partial charge on any atom is 0.126 e. The van der Waals surface area contributed by atoms with Gasteiger partial charge in [0.05, 0.1) is 6.10 Å². The zero-order chi connectivity index (χ0) is 21.7. The van der Waals surface area contributed by atoms with Crippen molar-refractivity contribution in [2.75, 3.05) is 0 Å². The molecule has 1 heterocycles. The lowest BCUT2D eigenvalue weighted by Crippen LogP contribution is -2.66. The molecule has 3 aliphatic carbocycles. The second-order valence-corrected chi connectivity index (χ2v) is 12.5. The van der Waals surface area contributed by atoms with Crippen LogP contribution in [0.5, 0.6) is 11.5 Å². The fourth-order valence-corrected chi connectivity index (χ4v) is 9.11. The van der Waals surface area contributed by atoms with Crippen molar-refractivity contribution in [3.8, 4) is 11.5 Å². The molecule has 3 saturated carbocycles. The molecule has 3 heteroatoms. The molecule has 0 amide bonds. The maximum absolute atomic E-state index is 10.8. The third-order valence-corrected chi connectivity index (χ3v) is 10.6. The summed E-state index contributed by atoms with van der Waals surface area (Å²) in [5.74, 6) is 3.08. The van der Waals surface area contributed by atoms with E-state index < -0.39 is 0 Å². The van der Waals surface area contributed by atoms with Crippen molar-refractivity contribution in [3.63, 3.8) is 0 Å². The molecule has 7 atom stereocenters. The summed E-state index contributed by atoms with van der Waals surface area (Å²) in [7, 11) is 0. The number of aromatic hydroxyl groups is 1. The highest BCUT2D eigenvalue weighted by Crippen LogP contribution is 2.70. The van der Waals surface area contributed by atoms with Gasteiger partial charge in [-0.3, -0.25) is 0 Å². The number of hydrogen-bond acceptors (Lipinski definition) is 3. The topological polar surface area (TPSA) is 49.7 Å². The van der Waals surface area contributed by atoms with E-state index in [1.165, 1.54) is 24.8 Å². The standard InChI is InChI=1S/C27H40O3/c1-16-13-18(28)14-17-15-21-26(5)10-7-19-24(2,3)22(29)9-11-25(19,4)20(26)8-12-27(21,6)30-23(16)17/h13-14,19-22,28-29H,7-12,15H2,1-6H3/t19-,20+,21+,22-,25-,26+,27-/m0/s1. The minimum Gasteiger partial charge on any atom is -0.508 e. The fourth-order valence-electron chi connectivity index (χ4n) is 9.11. The van der Waals surface area contributed by atoms with Crippen molar-refractivity contribution in [2.45, 2.75) is 98.2 Å². The van der Waals surface area contributed by atoms with Crippen molar-refractivity contribution in [2.24, 2.45) is 34.0 Å². The number of fused-ring (bicyclic) bond motifs is 6. The molecule has 0 radical (unpaired) electrons. The molecule has 2 N–H and O–H groups in total. The Morgan fingerprint density at radius 2 is 1.50 bits per heavy atom. The molecule has 5 rings (SSSR count). The van der Waals surface area contributed by atoms with Crippen molar-refractivity contribution in [3.05, 3.63) is 23.3 Å². The molecule has 3 fully saturated rings. The minimum atomic E-state index is -0.176. The smallest absolute Gasteiger partial charge is 0.126 e. The van der Waals surface area contributed by atoms with Crippen LogP contribution in [0.25, 0.3) is 0 Å². The highest BCUT2D eigenvalue weighted by Gasteiger charge is 2.66. The summed E-state index contributed by atoms with van der Waals surface area (Å²) in [5, 5.41) is 21.0. The van der Waals surface area contributed by atoms with Crippen LogP contribution in [0.1, 0.15) is 84.3 Å². The summed E-state index contributed by atoms with van der Waals surface area (Å²) >= 11 is 0. The Balaban J connectivity index is 1.56. The third-order valence-electron chi connectivity index (χ3n) is 10.6. The Hall–Kier alpha value is -1.22. The number of phenols is 1.